The lowest BCUT2D eigenvalue weighted by Crippen LogP contribution is -3.09. The van der Waals surface area contributed by atoms with Gasteiger partial charge in [-0.2, -0.15) is 0 Å². The van der Waals surface area contributed by atoms with Crippen molar-refractivity contribution in [2.75, 3.05) is 13.7 Å². The largest absolute Gasteiger partial charge is 0.329 e. The van der Waals surface area contributed by atoms with Gasteiger partial charge in [0.15, 0.2) is 12.2 Å². The molecule has 5 heteroatoms. The van der Waals surface area contributed by atoms with Gasteiger partial charge in [-0.1, -0.05) is 84.4 Å². The Labute approximate surface area is 189 Å². The number of hydrogen-bond donors (Lipinski definition) is 2. The second-order valence-electron chi connectivity index (χ2n) is 8.82. The normalized spacial score (nSPS) is 19.2. The van der Waals surface area contributed by atoms with Gasteiger partial charge in [0.1, 0.15) is 6.54 Å². The molecule has 0 spiro atoms. The van der Waals surface area contributed by atoms with E-state index in [0.717, 1.165) is 22.6 Å². The molecule has 164 valence electrons. The molecule has 4 rings (SSSR count). The van der Waals surface area contributed by atoms with Crippen LogP contribution < -0.4 is 10.2 Å². The minimum Gasteiger partial charge on any atom is -0.319 e. The molecule has 5 nitrogen and oxygen atoms in total. The Balaban J connectivity index is 1.59. The highest BCUT2D eigenvalue weighted by Crippen LogP contribution is 2.32. The molecule has 2 N–H and O–H groups in total. The number of nitrogens with zero attached hydrogens (tertiary/aromatic N) is 1. The summed E-state index contributed by atoms with van der Waals surface area (Å²) in [5.41, 5.74) is 4.38. The van der Waals surface area contributed by atoms with Crippen molar-refractivity contribution < 1.29 is 14.5 Å². The van der Waals surface area contributed by atoms with Gasteiger partial charge >= 0.3 is 6.03 Å². The summed E-state index contributed by atoms with van der Waals surface area (Å²) >= 11 is 0. The van der Waals surface area contributed by atoms with Crippen LogP contribution in [0.5, 0.6) is 0 Å². The van der Waals surface area contributed by atoms with Gasteiger partial charge in [-0.05, 0) is 30.5 Å². The molecule has 0 bridgehead atoms. The number of aryl methyl sites for hydroxylation is 2. The van der Waals surface area contributed by atoms with Gasteiger partial charge in [0.25, 0.3) is 5.91 Å². The molecule has 3 amide bonds. The zero-order chi connectivity index (χ0) is 22.7. The van der Waals surface area contributed by atoms with E-state index in [1.54, 1.807) is 0 Å². The van der Waals surface area contributed by atoms with E-state index in [1.807, 2.05) is 67.7 Å². The summed E-state index contributed by atoms with van der Waals surface area (Å²) in [5, 5.41) is 3.04. The van der Waals surface area contributed by atoms with Crippen LogP contribution in [0.3, 0.4) is 0 Å². The lowest BCUT2D eigenvalue weighted by atomic mass is 9.83. The topological polar surface area (TPSA) is 53.9 Å². The SMILES string of the molecule is Cc1ccc(C[NH+](C)CN2C(=O)N[C@](Cc3ccccc3)(c3ccccc3)C2=O)c(C)c1. The lowest BCUT2D eigenvalue weighted by molar-refractivity contribution is -0.901. The minimum absolute atomic E-state index is 0.197. The standard InChI is InChI=1S/C27H29N3O2/c1-20-14-15-23(21(2)16-20)18-29(3)19-30-25(31)27(28-26(30)32,24-12-8-5-9-13-24)17-22-10-6-4-7-11-22/h4-16H,17-19H2,1-3H3,(H,28,32)/p+1/t27-/m1/s1. The summed E-state index contributed by atoms with van der Waals surface area (Å²) in [4.78, 5) is 29.3. The first-order valence-electron chi connectivity index (χ1n) is 11.0. The molecule has 0 saturated carbocycles. The third-order valence-corrected chi connectivity index (χ3v) is 6.17. The second-order valence-corrected chi connectivity index (χ2v) is 8.82. The number of hydrogen-bond acceptors (Lipinski definition) is 2. The molecule has 0 radical (unpaired) electrons. The summed E-state index contributed by atoms with van der Waals surface area (Å²) < 4.78 is 0. The summed E-state index contributed by atoms with van der Waals surface area (Å²) in [7, 11) is 2.01. The fourth-order valence-corrected chi connectivity index (χ4v) is 4.51. The van der Waals surface area contributed by atoms with E-state index < -0.39 is 5.54 Å². The molecule has 2 atom stereocenters. The second kappa shape index (κ2) is 8.97. The van der Waals surface area contributed by atoms with Crippen molar-refractivity contribution in [1.82, 2.24) is 10.2 Å². The zero-order valence-corrected chi connectivity index (χ0v) is 18.9. The van der Waals surface area contributed by atoms with Crippen molar-refractivity contribution in [2.45, 2.75) is 32.4 Å². The van der Waals surface area contributed by atoms with E-state index in [2.05, 4.69) is 37.4 Å². The maximum atomic E-state index is 13.8. The smallest absolute Gasteiger partial charge is 0.319 e. The third kappa shape index (κ3) is 4.30. The number of rotatable bonds is 7. The van der Waals surface area contributed by atoms with Gasteiger partial charge in [0.2, 0.25) is 0 Å². The maximum Gasteiger partial charge on any atom is 0.329 e. The van der Waals surface area contributed by atoms with E-state index in [-0.39, 0.29) is 11.9 Å². The number of amides is 3. The predicted octanol–water partition coefficient (Wildman–Crippen LogP) is 2.97. The number of quaternary nitrogens is 1. The molecule has 0 aliphatic carbocycles. The molecule has 3 aromatic carbocycles. The zero-order valence-electron chi connectivity index (χ0n) is 18.9. The van der Waals surface area contributed by atoms with Gasteiger partial charge in [-0.25, -0.2) is 9.69 Å². The van der Waals surface area contributed by atoms with Crippen LogP contribution in [-0.4, -0.2) is 30.6 Å². The Bertz CT molecular complexity index is 1110. The predicted molar refractivity (Wildman–Crippen MR) is 125 cm³/mol. The van der Waals surface area contributed by atoms with Gasteiger partial charge in [-0.15, -0.1) is 0 Å². The molecule has 1 fully saturated rings. The van der Waals surface area contributed by atoms with Crippen LogP contribution in [0.25, 0.3) is 0 Å². The molecule has 0 aromatic heterocycles. The Morgan fingerprint density at radius 3 is 2.22 bits per heavy atom. The molecule has 1 unspecified atom stereocenters. The van der Waals surface area contributed by atoms with E-state index in [1.165, 1.54) is 21.6 Å². The number of carbonyl (C=O) groups excluding carboxylic acids is 2. The quantitative estimate of drug-likeness (QED) is 0.569. The maximum absolute atomic E-state index is 13.8. The number of urea groups is 1. The lowest BCUT2D eigenvalue weighted by Gasteiger charge is -2.28. The van der Waals surface area contributed by atoms with Crippen LogP contribution in [0.1, 0.15) is 27.8 Å². The Kier molecular flexibility index (Phi) is 6.10. The number of benzene rings is 3. The van der Waals surface area contributed by atoms with Crippen LogP contribution in [0.15, 0.2) is 78.9 Å². The summed E-state index contributed by atoms with van der Waals surface area (Å²) in [5.74, 6) is -0.197. The first-order valence-corrected chi connectivity index (χ1v) is 11.0. The first-order chi connectivity index (χ1) is 15.4. The molecular formula is C27H30N3O2+. The number of imide groups is 1. The Morgan fingerprint density at radius 2 is 1.56 bits per heavy atom. The van der Waals surface area contributed by atoms with Crippen molar-refractivity contribution in [2.24, 2.45) is 0 Å². The van der Waals surface area contributed by atoms with E-state index in [0.29, 0.717) is 13.1 Å². The fraction of sp³-hybridized carbons (Fsp3) is 0.259. The minimum atomic E-state index is -1.10. The van der Waals surface area contributed by atoms with Crippen molar-refractivity contribution in [1.29, 1.82) is 0 Å². The average molecular weight is 429 g/mol. The van der Waals surface area contributed by atoms with Crippen LogP contribution in [0, 0.1) is 13.8 Å². The van der Waals surface area contributed by atoms with Crippen LogP contribution in [0.4, 0.5) is 4.79 Å². The van der Waals surface area contributed by atoms with E-state index >= 15 is 0 Å². The van der Waals surface area contributed by atoms with Crippen molar-refractivity contribution in [3.8, 4) is 0 Å². The molecule has 32 heavy (non-hydrogen) atoms. The molecule has 3 aromatic rings. The van der Waals surface area contributed by atoms with Crippen molar-refractivity contribution in [3.63, 3.8) is 0 Å². The summed E-state index contributed by atoms with van der Waals surface area (Å²) in [6.45, 7) is 5.22. The number of carbonyl (C=O) groups is 2. The highest BCUT2D eigenvalue weighted by atomic mass is 16.2. The van der Waals surface area contributed by atoms with Gasteiger partial charge in [-0.3, -0.25) is 4.79 Å². The highest BCUT2D eigenvalue weighted by Gasteiger charge is 2.53. The van der Waals surface area contributed by atoms with Gasteiger partial charge in [0.05, 0.1) is 7.05 Å². The molecule has 1 heterocycles. The van der Waals surface area contributed by atoms with Gasteiger partial charge < -0.3 is 10.2 Å². The van der Waals surface area contributed by atoms with Crippen molar-refractivity contribution in [3.05, 3.63) is 107 Å². The van der Waals surface area contributed by atoms with Crippen LogP contribution in [-0.2, 0) is 23.3 Å². The molecular weight excluding hydrogens is 398 g/mol. The average Bonchev–Trinajstić information content (AvgIpc) is 3.02. The fourth-order valence-electron chi connectivity index (χ4n) is 4.51. The van der Waals surface area contributed by atoms with E-state index in [9.17, 15) is 9.59 Å². The van der Waals surface area contributed by atoms with Crippen LogP contribution in [0.2, 0.25) is 0 Å². The van der Waals surface area contributed by atoms with Crippen LogP contribution >= 0.6 is 0 Å². The molecule has 1 aliphatic heterocycles. The third-order valence-electron chi connectivity index (χ3n) is 6.17. The molecule has 1 saturated heterocycles. The molecule has 1 aliphatic rings. The highest BCUT2D eigenvalue weighted by molar-refractivity contribution is 6.07. The summed E-state index contributed by atoms with van der Waals surface area (Å²) in [6, 6.07) is 25.4. The Morgan fingerprint density at radius 1 is 0.906 bits per heavy atom. The first kappa shape index (κ1) is 21.8. The monoisotopic (exact) mass is 428 g/mol. The van der Waals surface area contributed by atoms with Crippen molar-refractivity contribution >= 4 is 11.9 Å². The van der Waals surface area contributed by atoms with Gasteiger partial charge in [0, 0.05) is 12.0 Å². The van der Waals surface area contributed by atoms with E-state index in [4.69, 9.17) is 0 Å². The Hall–Kier alpha value is -3.44. The number of nitrogens with one attached hydrogen (secondary N) is 2. The summed E-state index contributed by atoms with van der Waals surface area (Å²) in [6.07, 6.45) is 0.412.